The predicted molar refractivity (Wildman–Crippen MR) is 57.7 cm³/mol. The molecule has 1 atom stereocenters. The van der Waals surface area contributed by atoms with E-state index in [9.17, 15) is 18.3 Å². The van der Waals surface area contributed by atoms with E-state index in [1.807, 2.05) is 11.8 Å². The van der Waals surface area contributed by atoms with E-state index in [2.05, 4.69) is 0 Å². The Bertz CT molecular complexity index is 215. The zero-order valence-corrected chi connectivity index (χ0v) is 10.0. The van der Waals surface area contributed by atoms with Crippen molar-refractivity contribution in [3.8, 4) is 0 Å². The SMILES string of the molecule is CCOCC(O)CN1CCC(C(F)(F)F)CC1. The van der Waals surface area contributed by atoms with Gasteiger partial charge < -0.3 is 14.7 Å². The third-order valence-corrected chi connectivity index (χ3v) is 3.03. The minimum absolute atomic E-state index is 0.130. The summed E-state index contributed by atoms with van der Waals surface area (Å²) in [5.41, 5.74) is 0. The van der Waals surface area contributed by atoms with Crippen LogP contribution in [0.4, 0.5) is 13.2 Å². The summed E-state index contributed by atoms with van der Waals surface area (Å²) in [5.74, 6) is -1.18. The molecule has 17 heavy (non-hydrogen) atoms. The highest BCUT2D eigenvalue weighted by Gasteiger charge is 2.41. The van der Waals surface area contributed by atoms with Gasteiger partial charge in [-0.2, -0.15) is 13.2 Å². The van der Waals surface area contributed by atoms with Crippen molar-refractivity contribution in [1.29, 1.82) is 0 Å². The van der Waals surface area contributed by atoms with Crippen molar-refractivity contribution >= 4 is 0 Å². The molecule has 0 radical (unpaired) electrons. The lowest BCUT2D eigenvalue weighted by molar-refractivity contribution is -0.185. The topological polar surface area (TPSA) is 32.7 Å². The van der Waals surface area contributed by atoms with Crippen LogP contribution >= 0.6 is 0 Å². The second kappa shape index (κ2) is 6.56. The second-order valence-electron chi connectivity index (χ2n) is 4.43. The van der Waals surface area contributed by atoms with Crippen molar-refractivity contribution < 1.29 is 23.0 Å². The Morgan fingerprint density at radius 2 is 1.94 bits per heavy atom. The average molecular weight is 255 g/mol. The number of aliphatic hydroxyl groups excluding tert-OH is 1. The Morgan fingerprint density at radius 3 is 2.41 bits per heavy atom. The van der Waals surface area contributed by atoms with Crippen LogP contribution in [0.1, 0.15) is 19.8 Å². The van der Waals surface area contributed by atoms with Gasteiger partial charge in [-0.3, -0.25) is 0 Å². The summed E-state index contributed by atoms with van der Waals surface area (Å²) < 4.78 is 42.3. The highest BCUT2D eigenvalue weighted by atomic mass is 19.4. The number of hydrogen-bond acceptors (Lipinski definition) is 3. The molecule has 102 valence electrons. The van der Waals surface area contributed by atoms with Gasteiger partial charge in [-0.1, -0.05) is 0 Å². The van der Waals surface area contributed by atoms with Crippen LogP contribution in [0.2, 0.25) is 0 Å². The molecular weight excluding hydrogens is 235 g/mol. The Morgan fingerprint density at radius 1 is 1.35 bits per heavy atom. The monoisotopic (exact) mass is 255 g/mol. The van der Waals surface area contributed by atoms with E-state index in [0.29, 0.717) is 26.2 Å². The highest BCUT2D eigenvalue weighted by Crippen LogP contribution is 2.33. The first-order valence-corrected chi connectivity index (χ1v) is 5.98. The van der Waals surface area contributed by atoms with Gasteiger partial charge in [0.15, 0.2) is 0 Å². The zero-order chi connectivity index (χ0) is 12.9. The van der Waals surface area contributed by atoms with Gasteiger partial charge in [-0.05, 0) is 32.9 Å². The quantitative estimate of drug-likeness (QED) is 0.811. The maximum absolute atomic E-state index is 12.4. The molecule has 0 aromatic carbocycles. The van der Waals surface area contributed by atoms with E-state index in [-0.39, 0.29) is 19.4 Å². The number of piperidine rings is 1. The second-order valence-corrected chi connectivity index (χ2v) is 4.43. The number of hydrogen-bond donors (Lipinski definition) is 1. The van der Waals surface area contributed by atoms with E-state index >= 15 is 0 Å². The molecule has 1 N–H and O–H groups in total. The van der Waals surface area contributed by atoms with Gasteiger partial charge in [-0.15, -0.1) is 0 Å². The fraction of sp³-hybridized carbons (Fsp3) is 1.00. The molecule has 0 amide bonds. The fourth-order valence-electron chi connectivity index (χ4n) is 2.05. The summed E-state index contributed by atoms with van der Waals surface area (Å²) in [6.45, 7) is 3.80. The van der Waals surface area contributed by atoms with Crippen LogP contribution in [0, 0.1) is 5.92 Å². The van der Waals surface area contributed by atoms with Gasteiger partial charge in [0.05, 0.1) is 18.6 Å². The van der Waals surface area contributed by atoms with Gasteiger partial charge in [0.1, 0.15) is 0 Å². The molecule has 1 saturated heterocycles. The standard InChI is InChI=1S/C11H20F3NO2/c1-2-17-8-10(16)7-15-5-3-9(4-6-15)11(12,13)14/h9-10,16H,2-8H2,1H3. The maximum Gasteiger partial charge on any atom is 0.391 e. The molecule has 0 saturated carbocycles. The molecule has 0 spiro atoms. The summed E-state index contributed by atoms with van der Waals surface area (Å²) in [5, 5.41) is 9.57. The molecule has 0 bridgehead atoms. The number of nitrogens with zero attached hydrogens (tertiary/aromatic N) is 1. The van der Waals surface area contributed by atoms with Crippen LogP contribution in [-0.4, -0.2) is 55.1 Å². The zero-order valence-electron chi connectivity index (χ0n) is 10.0. The van der Waals surface area contributed by atoms with Crippen molar-refractivity contribution in [2.45, 2.75) is 32.0 Å². The summed E-state index contributed by atoms with van der Waals surface area (Å²) in [6, 6.07) is 0. The van der Waals surface area contributed by atoms with E-state index < -0.39 is 18.2 Å². The molecule has 6 heteroatoms. The van der Waals surface area contributed by atoms with E-state index in [1.54, 1.807) is 0 Å². The van der Waals surface area contributed by atoms with Crippen molar-refractivity contribution in [3.63, 3.8) is 0 Å². The number of ether oxygens (including phenoxy) is 1. The Kier molecular flexibility index (Phi) is 5.69. The van der Waals surface area contributed by atoms with Crippen LogP contribution in [-0.2, 0) is 4.74 Å². The lowest BCUT2D eigenvalue weighted by Crippen LogP contribution is -2.43. The Hall–Kier alpha value is -0.330. The first-order chi connectivity index (χ1) is 7.93. The summed E-state index contributed by atoms with van der Waals surface area (Å²) in [7, 11) is 0. The Labute approximate surface area is 99.5 Å². The van der Waals surface area contributed by atoms with Crippen LogP contribution in [0.3, 0.4) is 0 Å². The van der Waals surface area contributed by atoms with Crippen molar-refractivity contribution in [2.24, 2.45) is 5.92 Å². The molecule has 3 nitrogen and oxygen atoms in total. The van der Waals surface area contributed by atoms with Crippen molar-refractivity contribution in [3.05, 3.63) is 0 Å². The Balaban J connectivity index is 2.23. The molecular formula is C11H20F3NO2. The van der Waals surface area contributed by atoms with Crippen LogP contribution < -0.4 is 0 Å². The number of aliphatic hydroxyl groups is 1. The average Bonchev–Trinajstić information content (AvgIpc) is 2.26. The van der Waals surface area contributed by atoms with Gasteiger partial charge >= 0.3 is 6.18 Å². The van der Waals surface area contributed by atoms with E-state index in [1.165, 1.54) is 0 Å². The fourth-order valence-corrected chi connectivity index (χ4v) is 2.05. The lowest BCUT2D eigenvalue weighted by atomic mass is 9.96. The van der Waals surface area contributed by atoms with Gasteiger partial charge in [-0.25, -0.2) is 0 Å². The lowest BCUT2D eigenvalue weighted by Gasteiger charge is -2.33. The number of β-amino-alcohol motifs (C(OH)–C–C–N with tert-alkyl or cyclic N) is 1. The molecule has 0 aromatic rings. The number of alkyl halides is 3. The van der Waals surface area contributed by atoms with E-state index in [4.69, 9.17) is 4.74 Å². The maximum atomic E-state index is 12.4. The smallest absolute Gasteiger partial charge is 0.389 e. The number of halogens is 3. The first-order valence-electron chi connectivity index (χ1n) is 5.98. The molecule has 0 aromatic heterocycles. The predicted octanol–water partition coefficient (Wildman–Crippen LogP) is 1.66. The third kappa shape index (κ3) is 5.23. The minimum atomic E-state index is -4.07. The molecule has 1 unspecified atom stereocenters. The van der Waals surface area contributed by atoms with Gasteiger partial charge in [0.2, 0.25) is 0 Å². The molecule has 1 aliphatic rings. The molecule has 0 aliphatic carbocycles. The molecule has 1 rings (SSSR count). The largest absolute Gasteiger partial charge is 0.391 e. The molecule has 1 aliphatic heterocycles. The van der Waals surface area contributed by atoms with E-state index in [0.717, 1.165) is 0 Å². The van der Waals surface area contributed by atoms with Crippen LogP contribution in [0.15, 0.2) is 0 Å². The highest BCUT2D eigenvalue weighted by molar-refractivity contribution is 4.78. The normalized spacial score (nSPS) is 21.7. The summed E-state index contributed by atoms with van der Waals surface area (Å²) in [6.07, 6.45) is -4.43. The number of likely N-dealkylation sites (tertiary alicyclic amines) is 1. The minimum Gasteiger partial charge on any atom is -0.389 e. The van der Waals surface area contributed by atoms with Crippen LogP contribution in [0.25, 0.3) is 0 Å². The first kappa shape index (κ1) is 14.7. The molecule has 1 heterocycles. The van der Waals surface area contributed by atoms with Gasteiger partial charge in [0.25, 0.3) is 0 Å². The summed E-state index contributed by atoms with van der Waals surface area (Å²) >= 11 is 0. The number of rotatable bonds is 5. The third-order valence-electron chi connectivity index (χ3n) is 3.03. The van der Waals surface area contributed by atoms with Crippen LogP contribution in [0.5, 0.6) is 0 Å². The molecule has 1 fully saturated rings. The summed E-state index contributed by atoms with van der Waals surface area (Å²) in [4.78, 5) is 1.87. The van der Waals surface area contributed by atoms with Gasteiger partial charge in [0, 0.05) is 13.2 Å². The van der Waals surface area contributed by atoms with Crippen molar-refractivity contribution in [2.75, 3.05) is 32.8 Å². The van der Waals surface area contributed by atoms with Crippen molar-refractivity contribution in [1.82, 2.24) is 4.90 Å².